The van der Waals surface area contributed by atoms with Gasteiger partial charge in [0.05, 0.1) is 12.2 Å². The maximum atomic E-state index is 12.5. The summed E-state index contributed by atoms with van der Waals surface area (Å²) in [5.41, 5.74) is 1.27. The first-order valence-corrected chi connectivity index (χ1v) is 6.93. The molecule has 106 valence electrons. The van der Waals surface area contributed by atoms with Gasteiger partial charge < -0.3 is 0 Å². The molecule has 4 nitrogen and oxygen atoms in total. The topological polar surface area (TPSA) is 41.9 Å². The van der Waals surface area contributed by atoms with E-state index in [0.29, 0.717) is 31.7 Å². The van der Waals surface area contributed by atoms with Crippen molar-refractivity contribution in [1.29, 1.82) is 0 Å². The van der Waals surface area contributed by atoms with Crippen LogP contribution < -0.4 is 0 Å². The molecule has 0 saturated carbocycles. The lowest BCUT2D eigenvalue weighted by Crippen LogP contribution is -2.31. The van der Waals surface area contributed by atoms with Crippen LogP contribution in [0.25, 0.3) is 0 Å². The largest absolute Gasteiger partial charge is 0.451 e. The van der Waals surface area contributed by atoms with Crippen LogP contribution >= 0.6 is 11.3 Å². The average Bonchev–Trinajstić information content (AvgIpc) is 2.90. The van der Waals surface area contributed by atoms with Crippen molar-refractivity contribution in [2.45, 2.75) is 25.7 Å². The Hall–Kier alpha value is -1.54. The summed E-state index contributed by atoms with van der Waals surface area (Å²) in [6, 6.07) is 0. The molecular weight excluding hydrogens is 289 g/mol. The number of nitrogens with zero attached hydrogens (tertiary/aromatic N) is 4. The predicted octanol–water partition coefficient (Wildman–Crippen LogP) is 2.51. The number of rotatable bonds is 2. The van der Waals surface area contributed by atoms with E-state index in [1.807, 2.05) is 5.38 Å². The van der Waals surface area contributed by atoms with E-state index in [1.165, 1.54) is 6.20 Å². The number of hydrogen-bond donors (Lipinski definition) is 0. The zero-order valence-electron chi connectivity index (χ0n) is 10.4. The minimum Gasteiger partial charge on any atom is -0.292 e. The molecule has 2 aromatic heterocycles. The van der Waals surface area contributed by atoms with Crippen molar-refractivity contribution < 1.29 is 13.2 Å². The second-order valence-corrected chi connectivity index (χ2v) is 5.53. The standard InChI is InChI=1S/C12H11F3N4S/c13-12(14,15)11-17-5-8-6-19(3-1-9(8)18-11)7-10-16-2-4-20-10/h2,4-5H,1,3,6-7H2. The number of hydrogen-bond acceptors (Lipinski definition) is 5. The van der Waals surface area contributed by atoms with Gasteiger partial charge in [-0.25, -0.2) is 15.0 Å². The molecule has 8 heteroatoms. The molecule has 0 radical (unpaired) electrons. The minimum absolute atomic E-state index is 0.503. The molecule has 0 bridgehead atoms. The maximum absolute atomic E-state index is 12.5. The Morgan fingerprint density at radius 2 is 2.15 bits per heavy atom. The minimum atomic E-state index is -4.48. The summed E-state index contributed by atoms with van der Waals surface area (Å²) in [4.78, 5) is 13.4. The Morgan fingerprint density at radius 1 is 1.30 bits per heavy atom. The Kier molecular flexibility index (Phi) is 3.43. The first-order valence-electron chi connectivity index (χ1n) is 6.05. The second-order valence-electron chi connectivity index (χ2n) is 4.55. The third kappa shape index (κ3) is 2.80. The molecule has 0 spiro atoms. The molecule has 2 aromatic rings. The van der Waals surface area contributed by atoms with Crippen LogP contribution in [-0.4, -0.2) is 26.4 Å². The Bertz CT molecular complexity index is 597. The summed E-state index contributed by atoms with van der Waals surface area (Å²) in [5.74, 6) is -1.05. The van der Waals surface area contributed by atoms with Gasteiger partial charge in [-0.2, -0.15) is 13.2 Å². The first-order chi connectivity index (χ1) is 9.52. The number of fused-ring (bicyclic) bond motifs is 1. The predicted molar refractivity (Wildman–Crippen MR) is 67.0 cm³/mol. The third-order valence-electron chi connectivity index (χ3n) is 3.11. The first kappa shape index (κ1) is 13.4. The highest BCUT2D eigenvalue weighted by Gasteiger charge is 2.35. The van der Waals surface area contributed by atoms with Crippen molar-refractivity contribution in [2.24, 2.45) is 0 Å². The van der Waals surface area contributed by atoms with Crippen LogP contribution in [0, 0.1) is 0 Å². The molecule has 0 N–H and O–H groups in total. The summed E-state index contributed by atoms with van der Waals surface area (Å²) >= 11 is 1.57. The van der Waals surface area contributed by atoms with Gasteiger partial charge in [-0.15, -0.1) is 11.3 Å². The molecule has 0 aliphatic carbocycles. The van der Waals surface area contributed by atoms with Gasteiger partial charge in [0, 0.05) is 42.8 Å². The Balaban J connectivity index is 1.75. The Morgan fingerprint density at radius 3 is 2.85 bits per heavy atom. The number of halogens is 3. The van der Waals surface area contributed by atoms with Crippen LogP contribution in [-0.2, 0) is 25.7 Å². The van der Waals surface area contributed by atoms with E-state index in [2.05, 4.69) is 19.9 Å². The van der Waals surface area contributed by atoms with Crippen LogP contribution in [0.5, 0.6) is 0 Å². The van der Waals surface area contributed by atoms with Crippen molar-refractivity contribution in [3.63, 3.8) is 0 Å². The molecule has 1 aliphatic rings. The maximum Gasteiger partial charge on any atom is 0.451 e. The average molecular weight is 300 g/mol. The number of alkyl halides is 3. The molecule has 0 fully saturated rings. The van der Waals surface area contributed by atoms with E-state index in [-0.39, 0.29) is 0 Å². The summed E-state index contributed by atoms with van der Waals surface area (Å²) in [6.07, 6.45) is -0.935. The summed E-state index contributed by atoms with van der Waals surface area (Å²) in [6.45, 7) is 1.95. The molecule has 20 heavy (non-hydrogen) atoms. The van der Waals surface area contributed by atoms with Crippen LogP contribution in [0.1, 0.15) is 22.1 Å². The van der Waals surface area contributed by atoms with Crippen LogP contribution in [0.2, 0.25) is 0 Å². The van der Waals surface area contributed by atoms with Crippen LogP contribution in [0.3, 0.4) is 0 Å². The zero-order chi connectivity index (χ0) is 14.2. The summed E-state index contributed by atoms with van der Waals surface area (Å²) < 4.78 is 37.6. The lowest BCUT2D eigenvalue weighted by Gasteiger charge is -2.27. The van der Waals surface area contributed by atoms with Gasteiger partial charge in [-0.05, 0) is 0 Å². The van der Waals surface area contributed by atoms with E-state index < -0.39 is 12.0 Å². The van der Waals surface area contributed by atoms with Gasteiger partial charge in [0.2, 0.25) is 5.82 Å². The monoisotopic (exact) mass is 300 g/mol. The van der Waals surface area contributed by atoms with E-state index in [4.69, 9.17) is 0 Å². The quantitative estimate of drug-likeness (QED) is 0.854. The van der Waals surface area contributed by atoms with Gasteiger partial charge in [-0.1, -0.05) is 0 Å². The molecule has 0 atom stereocenters. The molecule has 3 heterocycles. The van der Waals surface area contributed by atoms with Crippen molar-refractivity contribution in [3.8, 4) is 0 Å². The van der Waals surface area contributed by atoms with Crippen LogP contribution in [0.15, 0.2) is 17.8 Å². The van der Waals surface area contributed by atoms with Crippen molar-refractivity contribution in [3.05, 3.63) is 39.9 Å². The van der Waals surface area contributed by atoms with E-state index >= 15 is 0 Å². The highest BCUT2D eigenvalue weighted by atomic mass is 32.1. The van der Waals surface area contributed by atoms with Gasteiger partial charge in [-0.3, -0.25) is 4.90 Å². The van der Waals surface area contributed by atoms with Gasteiger partial charge in [0.15, 0.2) is 0 Å². The molecular formula is C12H11F3N4S. The SMILES string of the molecule is FC(F)(F)c1ncc2c(n1)CCN(Cc1nccs1)C2. The second kappa shape index (κ2) is 5.10. The van der Waals surface area contributed by atoms with Crippen molar-refractivity contribution in [1.82, 2.24) is 19.9 Å². The van der Waals surface area contributed by atoms with Gasteiger partial charge >= 0.3 is 6.18 Å². The normalized spacial score (nSPS) is 16.1. The van der Waals surface area contributed by atoms with Gasteiger partial charge in [0.25, 0.3) is 0 Å². The summed E-state index contributed by atoms with van der Waals surface area (Å²) in [7, 11) is 0. The fourth-order valence-electron chi connectivity index (χ4n) is 2.17. The smallest absolute Gasteiger partial charge is 0.292 e. The molecule has 3 rings (SSSR count). The van der Waals surface area contributed by atoms with Crippen molar-refractivity contribution in [2.75, 3.05) is 6.54 Å². The van der Waals surface area contributed by atoms with Crippen LogP contribution in [0.4, 0.5) is 13.2 Å². The molecule has 0 aromatic carbocycles. The number of thiazole rings is 1. The lowest BCUT2D eigenvalue weighted by molar-refractivity contribution is -0.145. The molecule has 0 amide bonds. The fraction of sp³-hybridized carbons (Fsp3) is 0.417. The highest BCUT2D eigenvalue weighted by molar-refractivity contribution is 7.09. The third-order valence-corrected chi connectivity index (χ3v) is 3.87. The number of aromatic nitrogens is 3. The molecule has 0 saturated heterocycles. The summed E-state index contributed by atoms with van der Waals surface area (Å²) in [5, 5.41) is 2.91. The Labute approximate surface area is 117 Å². The van der Waals surface area contributed by atoms with E-state index in [0.717, 1.165) is 10.6 Å². The fourth-order valence-corrected chi connectivity index (χ4v) is 2.83. The zero-order valence-corrected chi connectivity index (χ0v) is 11.2. The van der Waals surface area contributed by atoms with Gasteiger partial charge in [0.1, 0.15) is 5.01 Å². The molecule has 0 unspecified atom stereocenters. The lowest BCUT2D eigenvalue weighted by atomic mass is 10.1. The molecule has 1 aliphatic heterocycles. The highest BCUT2D eigenvalue weighted by Crippen LogP contribution is 2.28. The van der Waals surface area contributed by atoms with Crippen molar-refractivity contribution >= 4 is 11.3 Å². The van der Waals surface area contributed by atoms with E-state index in [9.17, 15) is 13.2 Å². The van der Waals surface area contributed by atoms with E-state index in [1.54, 1.807) is 17.5 Å².